The van der Waals surface area contributed by atoms with Crippen LogP contribution in [0.2, 0.25) is 0 Å². The molecule has 140 valence electrons. The van der Waals surface area contributed by atoms with Gasteiger partial charge in [0.25, 0.3) is 5.91 Å². The van der Waals surface area contributed by atoms with E-state index >= 15 is 0 Å². The first-order valence-corrected chi connectivity index (χ1v) is 9.69. The highest BCUT2D eigenvalue weighted by Gasteiger charge is 2.42. The standard InChI is InChI=1S/C22H29NO3/c1-4-25-20-13-12-19(17-10-6-7-11-18(17)20)23-21(24)22(26-5-2)14-8-9-16(3)15-22/h6-7,10-13,16H,4-5,8-9,14-15H2,1-3H3,(H,23,24)/t16-,22+/m1/s1. The highest BCUT2D eigenvalue weighted by molar-refractivity contribution is 6.06. The zero-order chi connectivity index (χ0) is 18.6. The molecule has 0 heterocycles. The highest BCUT2D eigenvalue weighted by Crippen LogP contribution is 2.37. The van der Waals surface area contributed by atoms with Crippen LogP contribution in [0.1, 0.15) is 46.5 Å². The van der Waals surface area contributed by atoms with Crippen molar-refractivity contribution < 1.29 is 14.3 Å². The maximum Gasteiger partial charge on any atom is 0.256 e. The lowest BCUT2D eigenvalue weighted by Gasteiger charge is -2.38. The molecule has 1 N–H and O–H groups in total. The Hall–Kier alpha value is -2.07. The van der Waals surface area contributed by atoms with Crippen molar-refractivity contribution >= 4 is 22.4 Å². The van der Waals surface area contributed by atoms with Gasteiger partial charge in [-0.25, -0.2) is 0 Å². The molecular formula is C22H29NO3. The predicted octanol–water partition coefficient (Wildman–Crippen LogP) is 5.16. The molecular weight excluding hydrogens is 326 g/mol. The molecule has 1 saturated carbocycles. The molecule has 1 amide bonds. The van der Waals surface area contributed by atoms with Crippen LogP contribution < -0.4 is 10.1 Å². The summed E-state index contributed by atoms with van der Waals surface area (Å²) >= 11 is 0. The van der Waals surface area contributed by atoms with Crippen molar-refractivity contribution in [3.63, 3.8) is 0 Å². The van der Waals surface area contributed by atoms with Gasteiger partial charge in [0.1, 0.15) is 11.4 Å². The Morgan fingerprint density at radius 2 is 1.92 bits per heavy atom. The first-order valence-electron chi connectivity index (χ1n) is 9.69. The molecule has 0 spiro atoms. The number of carbonyl (C=O) groups excluding carboxylic acids is 1. The van der Waals surface area contributed by atoms with Crippen molar-refractivity contribution in [2.24, 2.45) is 5.92 Å². The van der Waals surface area contributed by atoms with Gasteiger partial charge in [-0.15, -0.1) is 0 Å². The summed E-state index contributed by atoms with van der Waals surface area (Å²) in [6, 6.07) is 11.9. The zero-order valence-corrected chi connectivity index (χ0v) is 16.0. The molecule has 2 aromatic rings. The Balaban J connectivity index is 1.92. The monoisotopic (exact) mass is 355 g/mol. The molecule has 3 rings (SSSR count). The minimum absolute atomic E-state index is 0.0276. The first-order chi connectivity index (χ1) is 12.6. The number of anilines is 1. The second-order valence-electron chi connectivity index (χ2n) is 7.17. The van der Waals surface area contributed by atoms with Crippen molar-refractivity contribution in [2.75, 3.05) is 18.5 Å². The van der Waals surface area contributed by atoms with Gasteiger partial charge in [0.2, 0.25) is 0 Å². The average molecular weight is 355 g/mol. The van der Waals surface area contributed by atoms with E-state index in [-0.39, 0.29) is 5.91 Å². The zero-order valence-electron chi connectivity index (χ0n) is 16.0. The van der Waals surface area contributed by atoms with Gasteiger partial charge in [0.15, 0.2) is 0 Å². The summed E-state index contributed by atoms with van der Waals surface area (Å²) in [5, 5.41) is 5.15. The summed E-state index contributed by atoms with van der Waals surface area (Å²) in [6.45, 7) is 7.29. The van der Waals surface area contributed by atoms with Crippen LogP contribution in [0.3, 0.4) is 0 Å². The third-order valence-corrected chi connectivity index (χ3v) is 5.22. The van der Waals surface area contributed by atoms with Crippen LogP contribution in [0, 0.1) is 5.92 Å². The van der Waals surface area contributed by atoms with Gasteiger partial charge in [-0.05, 0) is 51.2 Å². The Bertz CT molecular complexity index is 769. The fourth-order valence-corrected chi connectivity index (χ4v) is 4.08. The molecule has 1 aliphatic rings. The van der Waals surface area contributed by atoms with Crippen LogP contribution >= 0.6 is 0 Å². The van der Waals surface area contributed by atoms with Crippen molar-refractivity contribution in [2.45, 2.75) is 52.1 Å². The van der Waals surface area contributed by atoms with Crippen LogP contribution in [0.15, 0.2) is 36.4 Å². The second kappa shape index (κ2) is 8.09. The van der Waals surface area contributed by atoms with Crippen molar-refractivity contribution in [1.82, 2.24) is 0 Å². The van der Waals surface area contributed by atoms with E-state index in [4.69, 9.17) is 9.47 Å². The molecule has 1 aliphatic carbocycles. The lowest BCUT2D eigenvalue weighted by atomic mass is 9.78. The number of amides is 1. The van der Waals surface area contributed by atoms with Crippen molar-refractivity contribution in [3.05, 3.63) is 36.4 Å². The minimum atomic E-state index is -0.716. The van der Waals surface area contributed by atoms with Crippen LogP contribution in [0.4, 0.5) is 5.69 Å². The molecule has 0 bridgehead atoms. The summed E-state index contributed by atoms with van der Waals surface area (Å²) < 4.78 is 11.7. The maximum absolute atomic E-state index is 13.2. The molecule has 2 aromatic carbocycles. The van der Waals surface area contributed by atoms with E-state index < -0.39 is 5.60 Å². The molecule has 2 atom stereocenters. The predicted molar refractivity (Wildman–Crippen MR) is 106 cm³/mol. The van der Waals surface area contributed by atoms with E-state index in [1.165, 1.54) is 0 Å². The quantitative estimate of drug-likeness (QED) is 0.778. The SMILES string of the molecule is CCOc1ccc(NC(=O)[C@]2(OCC)CCC[C@@H](C)C2)c2ccccc12. The lowest BCUT2D eigenvalue weighted by Crippen LogP contribution is -2.48. The van der Waals surface area contributed by atoms with Gasteiger partial charge >= 0.3 is 0 Å². The minimum Gasteiger partial charge on any atom is -0.493 e. The summed E-state index contributed by atoms with van der Waals surface area (Å²) in [6.07, 6.45) is 3.75. The number of nitrogens with one attached hydrogen (secondary N) is 1. The second-order valence-corrected chi connectivity index (χ2v) is 7.17. The fraction of sp³-hybridized carbons (Fsp3) is 0.500. The van der Waals surface area contributed by atoms with E-state index in [2.05, 4.69) is 12.2 Å². The maximum atomic E-state index is 13.2. The molecule has 0 unspecified atom stereocenters. The van der Waals surface area contributed by atoms with E-state index in [9.17, 15) is 4.79 Å². The molecule has 0 aromatic heterocycles. The topological polar surface area (TPSA) is 47.6 Å². The number of rotatable bonds is 6. The van der Waals surface area contributed by atoms with Crippen LogP contribution in [-0.2, 0) is 9.53 Å². The highest BCUT2D eigenvalue weighted by atomic mass is 16.5. The summed E-state index contributed by atoms with van der Waals surface area (Å²) in [5.41, 5.74) is 0.0953. The van der Waals surface area contributed by atoms with Crippen molar-refractivity contribution in [3.8, 4) is 5.75 Å². The molecule has 26 heavy (non-hydrogen) atoms. The molecule has 4 heteroatoms. The number of hydrogen-bond acceptors (Lipinski definition) is 3. The van der Waals surface area contributed by atoms with E-state index in [1.54, 1.807) is 0 Å². The smallest absolute Gasteiger partial charge is 0.256 e. The van der Waals surface area contributed by atoms with E-state index in [0.717, 1.165) is 47.9 Å². The van der Waals surface area contributed by atoms with E-state index in [1.807, 2.05) is 50.2 Å². The molecule has 4 nitrogen and oxygen atoms in total. The number of fused-ring (bicyclic) bond motifs is 1. The van der Waals surface area contributed by atoms with Crippen molar-refractivity contribution in [1.29, 1.82) is 0 Å². The van der Waals surface area contributed by atoms with Gasteiger partial charge in [0, 0.05) is 23.1 Å². The van der Waals surface area contributed by atoms with Crippen LogP contribution in [-0.4, -0.2) is 24.7 Å². The first kappa shape index (κ1) is 18.7. The Morgan fingerprint density at radius 1 is 1.15 bits per heavy atom. The Labute approximate surface area is 155 Å². The Kier molecular flexibility index (Phi) is 5.82. The van der Waals surface area contributed by atoms with Crippen LogP contribution in [0.5, 0.6) is 5.75 Å². The van der Waals surface area contributed by atoms with E-state index in [0.29, 0.717) is 19.1 Å². The fourth-order valence-electron chi connectivity index (χ4n) is 4.08. The van der Waals surface area contributed by atoms with Gasteiger partial charge in [0.05, 0.1) is 6.61 Å². The molecule has 0 saturated heterocycles. The lowest BCUT2D eigenvalue weighted by molar-refractivity contribution is -0.147. The Morgan fingerprint density at radius 3 is 2.62 bits per heavy atom. The number of hydrogen-bond donors (Lipinski definition) is 1. The normalized spacial score (nSPS) is 23.0. The van der Waals surface area contributed by atoms with Gasteiger partial charge in [-0.1, -0.05) is 37.6 Å². The van der Waals surface area contributed by atoms with Gasteiger partial charge < -0.3 is 14.8 Å². The van der Waals surface area contributed by atoms with Gasteiger partial charge in [-0.2, -0.15) is 0 Å². The summed E-state index contributed by atoms with van der Waals surface area (Å²) in [5.74, 6) is 1.31. The number of benzene rings is 2. The third-order valence-electron chi connectivity index (χ3n) is 5.22. The average Bonchev–Trinajstić information content (AvgIpc) is 2.64. The largest absolute Gasteiger partial charge is 0.493 e. The van der Waals surface area contributed by atoms with Crippen LogP contribution in [0.25, 0.3) is 10.8 Å². The molecule has 1 fully saturated rings. The third kappa shape index (κ3) is 3.70. The molecule has 0 aliphatic heterocycles. The summed E-state index contributed by atoms with van der Waals surface area (Å²) in [4.78, 5) is 13.2. The molecule has 0 radical (unpaired) electrons. The number of carbonyl (C=O) groups is 1. The number of ether oxygens (including phenoxy) is 2. The van der Waals surface area contributed by atoms with Gasteiger partial charge in [-0.3, -0.25) is 4.79 Å². The summed E-state index contributed by atoms with van der Waals surface area (Å²) in [7, 11) is 0.